The normalized spacial score (nSPS) is 10.6. The molecule has 0 aromatic heterocycles. The molecule has 0 atom stereocenters. The molecule has 100 valence electrons. The lowest BCUT2D eigenvalue weighted by atomic mass is 9.93. The first-order chi connectivity index (χ1) is 8.49. The van der Waals surface area contributed by atoms with Gasteiger partial charge in [0.05, 0.1) is 7.11 Å². The van der Waals surface area contributed by atoms with Crippen LogP contribution in [0, 0.1) is 0 Å². The first-order valence-electron chi connectivity index (χ1n) is 6.48. The molecule has 1 aromatic rings. The Bertz CT molecular complexity index is 425. The van der Waals surface area contributed by atoms with Crippen molar-refractivity contribution in [3.05, 3.63) is 23.3 Å². The first-order valence-corrected chi connectivity index (χ1v) is 6.48. The Morgan fingerprint density at radius 3 is 2.50 bits per heavy atom. The molecule has 1 amide bonds. The summed E-state index contributed by atoms with van der Waals surface area (Å²) < 4.78 is 5.46. The molecule has 1 N–H and O–H groups in total. The maximum Gasteiger partial charge on any atom is 0.221 e. The van der Waals surface area contributed by atoms with Crippen molar-refractivity contribution in [3.63, 3.8) is 0 Å². The minimum Gasteiger partial charge on any atom is -0.496 e. The summed E-state index contributed by atoms with van der Waals surface area (Å²) in [5.41, 5.74) is 3.31. The number of carbonyl (C=O) groups excluding carboxylic acids is 1. The Morgan fingerprint density at radius 1 is 1.39 bits per heavy atom. The molecule has 0 saturated carbocycles. The van der Waals surface area contributed by atoms with Crippen LogP contribution in [-0.4, -0.2) is 13.0 Å². The lowest BCUT2D eigenvalue weighted by Crippen LogP contribution is -2.08. The molecule has 1 aromatic carbocycles. The Balaban J connectivity index is 3.28. The largest absolute Gasteiger partial charge is 0.496 e. The fourth-order valence-corrected chi connectivity index (χ4v) is 2.16. The minimum absolute atomic E-state index is 0.0602. The quantitative estimate of drug-likeness (QED) is 0.863. The maximum atomic E-state index is 11.2. The Kier molecular flexibility index (Phi) is 5.20. The SMILES string of the molecule is CCCc1c(OC)cc(NC(C)=O)cc1C(C)C. The number of ether oxygens (including phenoxy) is 1. The van der Waals surface area contributed by atoms with Crippen LogP contribution in [0.3, 0.4) is 0 Å². The summed E-state index contributed by atoms with van der Waals surface area (Å²) >= 11 is 0. The van der Waals surface area contributed by atoms with Crippen molar-refractivity contribution in [2.24, 2.45) is 0 Å². The van der Waals surface area contributed by atoms with Crippen LogP contribution in [0.25, 0.3) is 0 Å². The molecule has 0 spiro atoms. The van der Waals surface area contributed by atoms with Crippen LogP contribution in [0.4, 0.5) is 5.69 Å². The van der Waals surface area contributed by atoms with E-state index in [1.165, 1.54) is 18.1 Å². The van der Waals surface area contributed by atoms with Crippen LogP contribution in [0.15, 0.2) is 12.1 Å². The number of nitrogens with one attached hydrogen (secondary N) is 1. The predicted octanol–water partition coefficient (Wildman–Crippen LogP) is 3.73. The van der Waals surface area contributed by atoms with Gasteiger partial charge in [0.2, 0.25) is 5.91 Å². The van der Waals surface area contributed by atoms with E-state index in [1.54, 1.807) is 7.11 Å². The molecule has 0 unspecified atom stereocenters. The average Bonchev–Trinajstić information content (AvgIpc) is 2.29. The van der Waals surface area contributed by atoms with Crippen molar-refractivity contribution >= 4 is 11.6 Å². The number of benzene rings is 1. The Hall–Kier alpha value is -1.51. The zero-order valence-corrected chi connectivity index (χ0v) is 12.0. The number of rotatable bonds is 5. The first kappa shape index (κ1) is 14.6. The van der Waals surface area contributed by atoms with Gasteiger partial charge < -0.3 is 10.1 Å². The van der Waals surface area contributed by atoms with Crippen molar-refractivity contribution in [2.75, 3.05) is 12.4 Å². The van der Waals surface area contributed by atoms with Crippen molar-refractivity contribution in [3.8, 4) is 5.75 Å². The zero-order chi connectivity index (χ0) is 13.7. The number of amides is 1. The number of methoxy groups -OCH3 is 1. The third-order valence-corrected chi connectivity index (χ3v) is 2.91. The summed E-state index contributed by atoms with van der Waals surface area (Å²) in [6.45, 7) is 7.99. The van der Waals surface area contributed by atoms with Crippen LogP contribution in [-0.2, 0) is 11.2 Å². The van der Waals surface area contributed by atoms with E-state index in [9.17, 15) is 4.79 Å². The molecular formula is C15H23NO2. The third-order valence-electron chi connectivity index (χ3n) is 2.91. The van der Waals surface area contributed by atoms with Crippen LogP contribution >= 0.6 is 0 Å². The van der Waals surface area contributed by atoms with Gasteiger partial charge in [-0.2, -0.15) is 0 Å². The van der Waals surface area contributed by atoms with Crippen molar-refractivity contribution in [2.45, 2.75) is 46.5 Å². The highest BCUT2D eigenvalue weighted by Gasteiger charge is 2.14. The predicted molar refractivity (Wildman–Crippen MR) is 75.4 cm³/mol. The van der Waals surface area contributed by atoms with E-state index >= 15 is 0 Å². The molecule has 0 aliphatic carbocycles. The molecule has 3 heteroatoms. The molecule has 0 aliphatic heterocycles. The molecule has 3 nitrogen and oxygen atoms in total. The van der Waals surface area contributed by atoms with Gasteiger partial charge in [0, 0.05) is 18.7 Å². The van der Waals surface area contributed by atoms with Crippen molar-refractivity contribution < 1.29 is 9.53 Å². The topological polar surface area (TPSA) is 38.3 Å². The van der Waals surface area contributed by atoms with E-state index in [2.05, 4.69) is 32.2 Å². The highest BCUT2D eigenvalue weighted by atomic mass is 16.5. The number of hydrogen-bond donors (Lipinski definition) is 1. The highest BCUT2D eigenvalue weighted by molar-refractivity contribution is 5.89. The second-order valence-corrected chi connectivity index (χ2v) is 4.83. The Morgan fingerprint density at radius 2 is 2.06 bits per heavy atom. The molecule has 0 fully saturated rings. The maximum absolute atomic E-state index is 11.2. The van der Waals surface area contributed by atoms with Crippen molar-refractivity contribution in [1.29, 1.82) is 0 Å². The summed E-state index contributed by atoms with van der Waals surface area (Å²) in [5, 5.41) is 2.83. The molecule has 0 bridgehead atoms. The Labute approximate surface area is 110 Å². The van der Waals surface area contributed by atoms with Gasteiger partial charge in [-0.15, -0.1) is 0 Å². The molecule has 0 radical (unpaired) electrons. The summed E-state index contributed by atoms with van der Waals surface area (Å²) in [6, 6.07) is 3.96. The molecule has 0 aliphatic rings. The van der Waals surface area contributed by atoms with E-state index in [0.717, 1.165) is 24.3 Å². The van der Waals surface area contributed by atoms with Crippen molar-refractivity contribution in [1.82, 2.24) is 0 Å². The average molecular weight is 249 g/mol. The van der Waals surface area contributed by atoms with Gasteiger partial charge in [-0.05, 0) is 29.5 Å². The van der Waals surface area contributed by atoms with Gasteiger partial charge in [-0.3, -0.25) is 4.79 Å². The smallest absolute Gasteiger partial charge is 0.221 e. The summed E-state index contributed by atoms with van der Waals surface area (Å²) in [5.74, 6) is 1.22. The molecule has 0 heterocycles. The summed E-state index contributed by atoms with van der Waals surface area (Å²) in [7, 11) is 1.68. The van der Waals surface area contributed by atoms with E-state index < -0.39 is 0 Å². The zero-order valence-electron chi connectivity index (χ0n) is 12.0. The minimum atomic E-state index is -0.0602. The van der Waals surface area contributed by atoms with Gasteiger partial charge in [0.15, 0.2) is 0 Å². The highest BCUT2D eigenvalue weighted by Crippen LogP contribution is 2.33. The third kappa shape index (κ3) is 3.49. The van der Waals surface area contributed by atoms with E-state index in [1.807, 2.05) is 6.07 Å². The molecule has 0 saturated heterocycles. The van der Waals surface area contributed by atoms with Gasteiger partial charge in [-0.1, -0.05) is 27.2 Å². The summed E-state index contributed by atoms with van der Waals surface area (Å²) in [4.78, 5) is 11.2. The van der Waals surface area contributed by atoms with Crippen LogP contribution in [0.2, 0.25) is 0 Å². The monoisotopic (exact) mass is 249 g/mol. The lowest BCUT2D eigenvalue weighted by Gasteiger charge is -2.18. The van der Waals surface area contributed by atoms with Gasteiger partial charge in [0.1, 0.15) is 5.75 Å². The van der Waals surface area contributed by atoms with Gasteiger partial charge in [0.25, 0.3) is 0 Å². The van der Waals surface area contributed by atoms with E-state index in [-0.39, 0.29) is 5.91 Å². The van der Waals surface area contributed by atoms with Gasteiger partial charge >= 0.3 is 0 Å². The molecular weight excluding hydrogens is 226 g/mol. The second-order valence-electron chi connectivity index (χ2n) is 4.83. The molecule has 18 heavy (non-hydrogen) atoms. The van der Waals surface area contributed by atoms with Crippen LogP contribution < -0.4 is 10.1 Å². The lowest BCUT2D eigenvalue weighted by molar-refractivity contribution is -0.114. The standard InChI is InChI=1S/C15H23NO2/c1-6-7-13-14(10(2)3)8-12(16-11(4)17)9-15(13)18-5/h8-10H,6-7H2,1-5H3,(H,16,17). The van der Waals surface area contributed by atoms with Crippen LogP contribution in [0.1, 0.15) is 51.2 Å². The number of carbonyl (C=O) groups is 1. The molecule has 1 rings (SSSR count). The summed E-state index contributed by atoms with van der Waals surface area (Å²) in [6.07, 6.45) is 2.08. The fourth-order valence-electron chi connectivity index (χ4n) is 2.16. The van der Waals surface area contributed by atoms with Crippen LogP contribution in [0.5, 0.6) is 5.75 Å². The number of hydrogen-bond acceptors (Lipinski definition) is 2. The van der Waals surface area contributed by atoms with E-state index in [0.29, 0.717) is 5.92 Å². The van der Waals surface area contributed by atoms with Gasteiger partial charge in [-0.25, -0.2) is 0 Å². The number of anilines is 1. The fraction of sp³-hybridized carbons (Fsp3) is 0.533. The van der Waals surface area contributed by atoms with E-state index in [4.69, 9.17) is 4.74 Å². The second kappa shape index (κ2) is 6.43.